The molecule has 0 aliphatic carbocycles. The Balaban J connectivity index is 2.11. The number of rotatable bonds is 7. The molecule has 0 heterocycles. The van der Waals surface area contributed by atoms with Crippen LogP contribution in [0, 0.1) is 5.92 Å². The number of hydrogen-bond acceptors (Lipinski definition) is 4. The van der Waals surface area contributed by atoms with Crippen LogP contribution in [0.4, 0.5) is 5.69 Å². The summed E-state index contributed by atoms with van der Waals surface area (Å²) in [6.07, 6.45) is 0. The van der Waals surface area contributed by atoms with Crippen LogP contribution in [0.5, 0.6) is 0 Å². The van der Waals surface area contributed by atoms with Crippen LogP contribution >= 0.6 is 0 Å². The predicted octanol–water partition coefficient (Wildman–Crippen LogP) is 3.08. The van der Waals surface area contributed by atoms with Crippen LogP contribution in [0.15, 0.2) is 53.4 Å². The van der Waals surface area contributed by atoms with E-state index in [-0.39, 0.29) is 16.6 Å². The first kappa shape index (κ1) is 19.7. The van der Waals surface area contributed by atoms with Crippen LogP contribution in [0.2, 0.25) is 0 Å². The zero-order valence-electron chi connectivity index (χ0n) is 14.9. The highest BCUT2D eigenvalue weighted by Gasteiger charge is 2.15. The predicted molar refractivity (Wildman–Crippen MR) is 101 cm³/mol. The van der Waals surface area contributed by atoms with E-state index in [0.717, 1.165) is 0 Å². The molecule has 138 valence electrons. The van der Waals surface area contributed by atoms with Crippen LogP contribution in [0.25, 0.3) is 0 Å². The third-order valence-corrected chi connectivity index (χ3v) is 5.04. The summed E-state index contributed by atoms with van der Waals surface area (Å²) in [6.45, 7) is 5.98. The van der Waals surface area contributed by atoms with Crippen molar-refractivity contribution in [3.63, 3.8) is 0 Å². The van der Waals surface area contributed by atoms with E-state index in [1.165, 1.54) is 43.3 Å². The number of Topliss-reactive ketones (excluding diaryl/α,β-unsaturated/α-hetero) is 1. The summed E-state index contributed by atoms with van der Waals surface area (Å²) >= 11 is 0. The molecule has 0 aliphatic heterocycles. The summed E-state index contributed by atoms with van der Waals surface area (Å²) in [6, 6.07) is 11.9. The molecule has 0 aromatic heterocycles. The van der Waals surface area contributed by atoms with Gasteiger partial charge in [-0.2, -0.15) is 0 Å². The number of carbonyl (C=O) groups is 2. The number of nitrogens with one attached hydrogen (secondary N) is 2. The first-order valence-electron chi connectivity index (χ1n) is 8.21. The summed E-state index contributed by atoms with van der Waals surface area (Å²) in [5.74, 6) is -0.00152. The third kappa shape index (κ3) is 5.16. The van der Waals surface area contributed by atoms with E-state index >= 15 is 0 Å². The van der Waals surface area contributed by atoms with Gasteiger partial charge in [-0.3, -0.25) is 14.3 Å². The largest absolute Gasteiger partial charge is 0.352 e. The molecule has 0 saturated heterocycles. The van der Waals surface area contributed by atoms with Gasteiger partial charge in [-0.05, 0) is 61.4 Å². The standard InChI is InChI=1S/C19H22N2O4S/c1-13(2)12-20-19(23)16-6-10-18(11-7-16)26(24,25)21-17-8-4-15(5-9-17)14(3)22/h4-11,13,21H,12H2,1-3H3,(H,20,23). The molecule has 0 atom stereocenters. The Morgan fingerprint density at radius 3 is 1.96 bits per heavy atom. The van der Waals surface area contributed by atoms with Gasteiger partial charge in [0.15, 0.2) is 5.78 Å². The van der Waals surface area contributed by atoms with E-state index in [2.05, 4.69) is 10.0 Å². The van der Waals surface area contributed by atoms with Crippen LogP contribution in [-0.4, -0.2) is 26.7 Å². The normalized spacial score (nSPS) is 11.2. The average Bonchev–Trinajstić information content (AvgIpc) is 2.60. The Kier molecular flexibility index (Phi) is 6.15. The van der Waals surface area contributed by atoms with Crippen molar-refractivity contribution in [1.29, 1.82) is 0 Å². The summed E-state index contributed by atoms with van der Waals surface area (Å²) in [5.41, 5.74) is 1.26. The van der Waals surface area contributed by atoms with Crippen LogP contribution in [-0.2, 0) is 10.0 Å². The van der Waals surface area contributed by atoms with E-state index < -0.39 is 10.0 Å². The highest BCUT2D eigenvalue weighted by atomic mass is 32.2. The zero-order valence-corrected chi connectivity index (χ0v) is 15.8. The SMILES string of the molecule is CC(=O)c1ccc(NS(=O)(=O)c2ccc(C(=O)NCC(C)C)cc2)cc1. The van der Waals surface area contributed by atoms with E-state index in [4.69, 9.17) is 0 Å². The van der Waals surface area contributed by atoms with Crippen LogP contribution in [0.3, 0.4) is 0 Å². The quantitative estimate of drug-likeness (QED) is 0.729. The number of sulfonamides is 1. The van der Waals surface area contributed by atoms with Gasteiger partial charge >= 0.3 is 0 Å². The molecule has 2 rings (SSSR count). The number of amides is 1. The Hall–Kier alpha value is -2.67. The average molecular weight is 374 g/mol. The van der Waals surface area contributed by atoms with Crippen molar-refractivity contribution in [1.82, 2.24) is 5.32 Å². The van der Waals surface area contributed by atoms with Gasteiger partial charge in [-0.25, -0.2) is 8.42 Å². The van der Waals surface area contributed by atoms with E-state index in [1.807, 2.05) is 13.8 Å². The molecule has 0 radical (unpaired) electrons. The lowest BCUT2D eigenvalue weighted by Gasteiger charge is -2.10. The van der Waals surface area contributed by atoms with Crippen molar-refractivity contribution in [2.45, 2.75) is 25.7 Å². The molecule has 2 aromatic carbocycles. The Morgan fingerprint density at radius 2 is 1.46 bits per heavy atom. The van der Waals surface area contributed by atoms with Gasteiger partial charge in [0.2, 0.25) is 0 Å². The minimum Gasteiger partial charge on any atom is -0.352 e. The maximum Gasteiger partial charge on any atom is 0.261 e. The smallest absolute Gasteiger partial charge is 0.261 e. The maximum atomic E-state index is 12.4. The summed E-state index contributed by atoms with van der Waals surface area (Å²) < 4.78 is 27.3. The van der Waals surface area contributed by atoms with Gasteiger partial charge < -0.3 is 5.32 Å². The second-order valence-electron chi connectivity index (χ2n) is 6.37. The number of anilines is 1. The van der Waals surface area contributed by atoms with Gasteiger partial charge in [-0.15, -0.1) is 0 Å². The fraction of sp³-hybridized carbons (Fsp3) is 0.263. The molecule has 0 aliphatic rings. The molecule has 0 unspecified atom stereocenters. The Morgan fingerprint density at radius 1 is 0.923 bits per heavy atom. The summed E-state index contributed by atoms with van der Waals surface area (Å²) in [4.78, 5) is 23.3. The van der Waals surface area contributed by atoms with Gasteiger partial charge in [0.05, 0.1) is 4.90 Å². The lowest BCUT2D eigenvalue weighted by atomic mass is 10.1. The van der Waals surface area contributed by atoms with Crippen molar-refractivity contribution in [2.24, 2.45) is 5.92 Å². The summed E-state index contributed by atoms with van der Waals surface area (Å²) in [5, 5.41) is 2.78. The second-order valence-corrected chi connectivity index (χ2v) is 8.05. The first-order chi connectivity index (χ1) is 12.2. The number of benzene rings is 2. The van der Waals surface area contributed by atoms with E-state index in [1.54, 1.807) is 12.1 Å². The van der Waals surface area contributed by atoms with Crippen molar-refractivity contribution >= 4 is 27.4 Å². The van der Waals surface area contributed by atoms with E-state index in [0.29, 0.717) is 29.3 Å². The number of carbonyl (C=O) groups excluding carboxylic acids is 2. The molecule has 0 spiro atoms. The molecule has 2 aromatic rings. The molecule has 1 amide bonds. The maximum absolute atomic E-state index is 12.4. The molecule has 26 heavy (non-hydrogen) atoms. The number of hydrogen-bond donors (Lipinski definition) is 2. The van der Waals surface area contributed by atoms with Gasteiger partial charge in [0, 0.05) is 23.4 Å². The highest BCUT2D eigenvalue weighted by Crippen LogP contribution is 2.17. The monoisotopic (exact) mass is 374 g/mol. The van der Waals surface area contributed by atoms with Crippen molar-refractivity contribution in [3.05, 3.63) is 59.7 Å². The first-order valence-corrected chi connectivity index (χ1v) is 9.69. The fourth-order valence-electron chi connectivity index (χ4n) is 2.17. The lowest BCUT2D eigenvalue weighted by molar-refractivity contribution is 0.0948. The Labute approximate surface area is 153 Å². The van der Waals surface area contributed by atoms with Crippen LogP contribution < -0.4 is 10.0 Å². The second kappa shape index (κ2) is 8.14. The molecular formula is C19H22N2O4S. The molecule has 2 N–H and O–H groups in total. The molecule has 0 saturated carbocycles. The van der Waals surface area contributed by atoms with Crippen LogP contribution in [0.1, 0.15) is 41.5 Å². The third-order valence-electron chi connectivity index (χ3n) is 3.64. The van der Waals surface area contributed by atoms with E-state index in [9.17, 15) is 18.0 Å². The molecule has 6 nitrogen and oxygen atoms in total. The summed E-state index contributed by atoms with van der Waals surface area (Å²) in [7, 11) is -3.78. The van der Waals surface area contributed by atoms with Crippen molar-refractivity contribution in [3.8, 4) is 0 Å². The minimum atomic E-state index is -3.78. The molecule has 0 bridgehead atoms. The molecule has 7 heteroatoms. The fourth-order valence-corrected chi connectivity index (χ4v) is 3.23. The highest BCUT2D eigenvalue weighted by molar-refractivity contribution is 7.92. The zero-order chi connectivity index (χ0) is 19.3. The number of ketones is 1. The molecule has 0 fully saturated rings. The van der Waals surface area contributed by atoms with Gasteiger partial charge in [0.25, 0.3) is 15.9 Å². The van der Waals surface area contributed by atoms with Gasteiger partial charge in [0.1, 0.15) is 0 Å². The van der Waals surface area contributed by atoms with Crippen molar-refractivity contribution < 1.29 is 18.0 Å². The molecular weight excluding hydrogens is 352 g/mol. The van der Waals surface area contributed by atoms with Crippen molar-refractivity contribution in [2.75, 3.05) is 11.3 Å². The van der Waals surface area contributed by atoms with Gasteiger partial charge in [-0.1, -0.05) is 13.8 Å². The minimum absolute atomic E-state index is 0.0496. The topological polar surface area (TPSA) is 92.3 Å². The lowest BCUT2D eigenvalue weighted by Crippen LogP contribution is -2.27. The Bertz CT molecular complexity index is 886.